The van der Waals surface area contributed by atoms with E-state index in [-0.39, 0.29) is 0 Å². The summed E-state index contributed by atoms with van der Waals surface area (Å²) in [5.41, 5.74) is 8.38. The summed E-state index contributed by atoms with van der Waals surface area (Å²) in [6.07, 6.45) is 0.829. The summed E-state index contributed by atoms with van der Waals surface area (Å²) in [6.45, 7) is 12.2. The van der Waals surface area contributed by atoms with Crippen LogP contribution in [-0.4, -0.2) is 48.4 Å². The minimum absolute atomic E-state index is 0.545. The molecular weight excluding hydrogens is 416 g/mol. The van der Waals surface area contributed by atoms with Gasteiger partial charge in [-0.2, -0.15) is 0 Å². The zero-order valence-electron chi connectivity index (χ0n) is 20.8. The van der Waals surface area contributed by atoms with E-state index in [9.17, 15) is 0 Å². The number of nitrogens with one attached hydrogen (secondary N) is 1. The van der Waals surface area contributed by atoms with E-state index in [4.69, 9.17) is 25.2 Å². The van der Waals surface area contributed by atoms with Crippen LogP contribution >= 0.6 is 0 Å². The number of hydrogen-bond donors (Lipinski definition) is 2. The predicted octanol–water partition coefficient (Wildman–Crippen LogP) is 4.66. The van der Waals surface area contributed by atoms with Crippen molar-refractivity contribution in [2.45, 2.75) is 40.7 Å². The van der Waals surface area contributed by atoms with Crippen LogP contribution in [0.2, 0.25) is 0 Å². The van der Waals surface area contributed by atoms with E-state index in [1.807, 2.05) is 18.2 Å². The molecule has 2 heterocycles. The molecule has 2 aromatic heterocycles. The van der Waals surface area contributed by atoms with Crippen molar-refractivity contribution in [1.82, 2.24) is 14.5 Å². The number of rotatable bonds is 12. The lowest BCUT2D eigenvalue weighted by Crippen LogP contribution is -2.32. The third-order valence-corrected chi connectivity index (χ3v) is 5.27. The second-order valence-electron chi connectivity index (χ2n) is 9.16. The van der Waals surface area contributed by atoms with Crippen LogP contribution in [0.4, 0.5) is 17.5 Å². The molecule has 0 amide bonds. The first kappa shape index (κ1) is 24.6. The molecule has 1 aromatic carbocycles. The topological polar surface area (TPSA) is 90.5 Å². The average molecular weight is 455 g/mol. The van der Waals surface area contributed by atoms with Gasteiger partial charge < -0.3 is 25.4 Å². The van der Waals surface area contributed by atoms with Crippen molar-refractivity contribution in [3.8, 4) is 11.5 Å². The van der Waals surface area contributed by atoms with Crippen molar-refractivity contribution in [3.05, 3.63) is 30.3 Å². The number of aromatic nitrogens is 3. The molecule has 0 unspecified atom stereocenters. The molecule has 8 nitrogen and oxygen atoms in total. The number of fused-ring (bicyclic) bond motifs is 1. The summed E-state index contributed by atoms with van der Waals surface area (Å²) < 4.78 is 12.9. The summed E-state index contributed by atoms with van der Waals surface area (Å²) in [5, 5.41) is 3.43. The zero-order chi connectivity index (χ0) is 24.0. The first-order valence-electron chi connectivity index (χ1n) is 11.7. The Kier molecular flexibility index (Phi) is 8.38. The van der Waals surface area contributed by atoms with Gasteiger partial charge in [-0.05, 0) is 36.9 Å². The van der Waals surface area contributed by atoms with E-state index in [2.05, 4.69) is 54.6 Å². The summed E-state index contributed by atoms with van der Waals surface area (Å²) >= 11 is 0. The first-order chi connectivity index (χ1) is 15.8. The Balaban J connectivity index is 2.03. The molecule has 33 heavy (non-hydrogen) atoms. The molecule has 0 spiro atoms. The van der Waals surface area contributed by atoms with Crippen molar-refractivity contribution in [3.63, 3.8) is 0 Å². The second-order valence-corrected chi connectivity index (χ2v) is 9.16. The molecule has 180 valence electrons. The van der Waals surface area contributed by atoms with Gasteiger partial charge in [0.2, 0.25) is 5.95 Å². The molecule has 0 aliphatic heterocycles. The van der Waals surface area contributed by atoms with E-state index in [0.29, 0.717) is 29.9 Å². The molecular formula is C25H38N6O2. The lowest BCUT2D eigenvalue weighted by atomic mass is 10.1. The molecule has 0 saturated carbocycles. The Morgan fingerprint density at radius 2 is 1.61 bits per heavy atom. The van der Waals surface area contributed by atoms with Crippen LogP contribution in [0, 0.1) is 11.8 Å². The van der Waals surface area contributed by atoms with Crippen LogP contribution in [0.5, 0.6) is 11.5 Å². The monoisotopic (exact) mass is 454 g/mol. The Morgan fingerprint density at radius 3 is 2.15 bits per heavy atom. The highest BCUT2D eigenvalue weighted by atomic mass is 16.5. The number of pyridine rings is 1. The molecule has 0 radical (unpaired) electrons. The molecule has 3 rings (SSSR count). The second kappa shape index (κ2) is 11.2. The van der Waals surface area contributed by atoms with Crippen molar-refractivity contribution < 1.29 is 9.47 Å². The van der Waals surface area contributed by atoms with E-state index in [0.717, 1.165) is 54.7 Å². The maximum atomic E-state index is 5.84. The summed E-state index contributed by atoms with van der Waals surface area (Å²) in [4.78, 5) is 12.3. The number of anilines is 3. The molecule has 0 fully saturated rings. The van der Waals surface area contributed by atoms with Gasteiger partial charge in [0.25, 0.3) is 0 Å². The largest absolute Gasteiger partial charge is 0.497 e. The van der Waals surface area contributed by atoms with E-state index in [1.54, 1.807) is 14.2 Å². The van der Waals surface area contributed by atoms with E-state index >= 15 is 0 Å². The SMILES string of the molecule is COc1cc(Nc2nc3ccc(N(CC(C)C)CC(C)C)nc3n2CCCN)cc(OC)c1. The number of hydrogen-bond acceptors (Lipinski definition) is 7. The highest BCUT2D eigenvalue weighted by Gasteiger charge is 2.17. The van der Waals surface area contributed by atoms with Crippen LogP contribution in [0.1, 0.15) is 34.1 Å². The molecule has 0 bridgehead atoms. The van der Waals surface area contributed by atoms with Crippen molar-refractivity contribution in [1.29, 1.82) is 0 Å². The molecule has 8 heteroatoms. The van der Waals surface area contributed by atoms with Crippen LogP contribution < -0.4 is 25.4 Å². The molecule has 3 aromatic rings. The highest BCUT2D eigenvalue weighted by molar-refractivity contribution is 5.78. The maximum absolute atomic E-state index is 5.84. The Bertz CT molecular complexity index is 1010. The van der Waals surface area contributed by atoms with Gasteiger partial charge in [-0.3, -0.25) is 4.57 Å². The first-order valence-corrected chi connectivity index (χ1v) is 11.7. The van der Waals surface area contributed by atoms with Crippen LogP contribution in [0.25, 0.3) is 11.2 Å². The number of nitrogens with zero attached hydrogens (tertiary/aromatic N) is 4. The van der Waals surface area contributed by atoms with Gasteiger partial charge in [-0.25, -0.2) is 9.97 Å². The molecule has 3 N–H and O–H groups in total. The number of imidazole rings is 1. The Hall–Kier alpha value is -3.00. The minimum atomic E-state index is 0.545. The van der Waals surface area contributed by atoms with Gasteiger partial charge >= 0.3 is 0 Å². The number of ether oxygens (including phenoxy) is 2. The molecule has 0 saturated heterocycles. The van der Waals surface area contributed by atoms with Gasteiger partial charge in [-0.1, -0.05) is 27.7 Å². The predicted molar refractivity (Wildman–Crippen MR) is 136 cm³/mol. The number of methoxy groups -OCH3 is 2. The summed E-state index contributed by atoms with van der Waals surface area (Å²) in [5.74, 6) is 4.21. The van der Waals surface area contributed by atoms with Crippen LogP contribution in [-0.2, 0) is 6.54 Å². The normalized spacial score (nSPS) is 11.4. The minimum Gasteiger partial charge on any atom is -0.497 e. The smallest absolute Gasteiger partial charge is 0.209 e. The van der Waals surface area contributed by atoms with Gasteiger partial charge in [-0.15, -0.1) is 0 Å². The highest BCUT2D eigenvalue weighted by Crippen LogP contribution is 2.30. The van der Waals surface area contributed by atoms with Crippen LogP contribution in [0.15, 0.2) is 30.3 Å². The van der Waals surface area contributed by atoms with Gasteiger partial charge in [0, 0.05) is 43.5 Å². The molecule has 0 atom stereocenters. The fraction of sp³-hybridized carbons (Fsp3) is 0.520. The summed E-state index contributed by atoms with van der Waals surface area (Å²) in [6, 6.07) is 9.81. The lowest BCUT2D eigenvalue weighted by molar-refractivity contribution is 0.395. The summed E-state index contributed by atoms with van der Waals surface area (Å²) in [7, 11) is 3.28. The fourth-order valence-corrected chi connectivity index (χ4v) is 3.88. The van der Waals surface area contributed by atoms with Crippen molar-refractivity contribution >= 4 is 28.6 Å². The van der Waals surface area contributed by atoms with Crippen LogP contribution in [0.3, 0.4) is 0 Å². The van der Waals surface area contributed by atoms with Gasteiger partial charge in [0.05, 0.1) is 14.2 Å². The maximum Gasteiger partial charge on any atom is 0.209 e. The van der Waals surface area contributed by atoms with E-state index in [1.165, 1.54) is 0 Å². The molecule has 0 aliphatic rings. The van der Waals surface area contributed by atoms with Gasteiger partial charge in [0.1, 0.15) is 22.8 Å². The Morgan fingerprint density at radius 1 is 0.970 bits per heavy atom. The van der Waals surface area contributed by atoms with Gasteiger partial charge in [0.15, 0.2) is 5.65 Å². The fourth-order valence-electron chi connectivity index (χ4n) is 3.88. The standard InChI is InChI=1S/C25H38N6O2/c1-17(2)15-30(16-18(3)4)23-9-8-22-24(29-23)31(11-7-10-26)25(28-22)27-19-12-20(32-5)14-21(13-19)33-6/h8-9,12-14,17-18H,7,10-11,15-16,26H2,1-6H3,(H,27,28). The zero-order valence-corrected chi connectivity index (χ0v) is 20.8. The molecule has 0 aliphatic carbocycles. The number of aryl methyl sites for hydroxylation is 1. The number of benzene rings is 1. The van der Waals surface area contributed by atoms with Crippen molar-refractivity contribution in [2.75, 3.05) is 44.1 Å². The third kappa shape index (κ3) is 6.28. The third-order valence-electron chi connectivity index (χ3n) is 5.27. The van der Waals surface area contributed by atoms with Crippen molar-refractivity contribution in [2.24, 2.45) is 17.6 Å². The number of nitrogens with two attached hydrogens (primary N) is 1. The quantitative estimate of drug-likeness (QED) is 0.411. The lowest BCUT2D eigenvalue weighted by Gasteiger charge is -2.27. The van der Waals surface area contributed by atoms with E-state index < -0.39 is 0 Å². The Labute approximate surface area is 197 Å². The average Bonchev–Trinajstić information content (AvgIpc) is 3.12.